The lowest BCUT2D eigenvalue weighted by atomic mass is 10.1. The molecule has 0 aliphatic carbocycles. The van der Waals surface area contributed by atoms with Gasteiger partial charge in [-0.05, 0) is 43.0 Å². The van der Waals surface area contributed by atoms with Gasteiger partial charge in [-0.15, -0.1) is 0 Å². The Labute approximate surface area is 171 Å². The smallest absolute Gasteiger partial charge is 0.279 e. The van der Waals surface area contributed by atoms with E-state index in [1.807, 2.05) is 63.5 Å². The lowest BCUT2D eigenvalue weighted by Crippen LogP contribution is -3.11. The molecule has 152 valence electrons. The Balaban J connectivity index is 1.42. The monoisotopic (exact) mass is 393 g/mol. The lowest BCUT2D eigenvalue weighted by Gasteiger charge is -2.15. The Morgan fingerprint density at radius 2 is 1.66 bits per heavy atom. The fourth-order valence-corrected chi connectivity index (χ4v) is 3.54. The van der Waals surface area contributed by atoms with Gasteiger partial charge in [-0.1, -0.05) is 36.4 Å². The van der Waals surface area contributed by atoms with E-state index in [4.69, 9.17) is 0 Å². The molecule has 2 amide bonds. The number of rotatable bonds is 8. The van der Waals surface area contributed by atoms with Crippen molar-refractivity contribution in [3.63, 3.8) is 0 Å². The van der Waals surface area contributed by atoms with Crippen LogP contribution in [0.1, 0.15) is 16.7 Å². The second-order valence-electron chi connectivity index (χ2n) is 7.59. The molecule has 3 rings (SSSR count). The van der Waals surface area contributed by atoms with Gasteiger partial charge in [0.2, 0.25) is 0 Å². The van der Waals surface area contributed by atoms with E-state index in [0.717, 1.165) is 33.7 Å². The molecule has 6 nitrogen and oxygen atoms in total. The zero-order chi connectivity index (χ0) is 20.8. The summed E-state index contributed by atoms with van der Waals surface area (Å²) in [7, 11) is 1.85. The van der Waals surface area contributed by atoms with Gasteiger partial charge in [-0.3, -0.25) is 9.59 Å². The van der Waals surface area contributed by atoms with Crippen LogP contribution in [0.5, 0.6) is 0 Å². The predicted molar refractivity (Wildman–Crippen MR) is 116 cm³/mol. The van der Waals surface area contributed by atoms with E-state index in [2.05, 4.69) is 21.7 Å². The number of aromatic amines is 1. The molecule has 1 unspecified atom stereocenters. The van der Waals surface area contributed by atoms with Crippen molar-refractivity contribution in [3.8, 4) is 0 Å². The Morgan fingerprint density at radius 3 is 2.41 bits per heavy atom. The van der Waals surface area contributed by atoms with Crippen molar-refractivity contribution in [1.82, 2.24) is 10.3 Å². The summed E-state index contributed by atoms with van der Waals surface area (Å²) in [5.74, 6) is -0.145. The Morgan fingerprint density at radius 1 is 0.966 bits per heavy atom. The second-order valence-corrected chi connectivity index (χ2v) is 7.59. The summed E-state index contributed by atoms with van der Waals surface area (Å²) >= 11 is 0. The van der Waals surface area contributed by atoms with Crippen LogP contribution in [0.15, 0.2) is 48.7 Å². The van der Waals surface area contributed by atoms with E-state index in [9.17, 15) is 9.59 Å². The number of fused-ring (bicyclic) bond motifs is 1. The number of carbonyl (C=O) groups is 2. The second kappa shape index (κ2) is 9.39. The van der Waals surface area contributed by atoms with Gasteiger partial charge in [0.15, 0.2) is 13.1 Å². The van der Waals surface area contributed by atoms with Gasteiger partial charge in [0.1, 0.15) is 0 Å². The quantitative estimate of drug-likeness (QED) is 0.469. The minimum Gasteiger partial charge on any atom is -0.361 e. The molecule has 0 aliphatic rings. The molecule has 29 heavy (non-hydrogen) atoms. The topological polar surface area (TPSA) is 78.4 Å². The van der Waals surface area contributed by atoms with Crippen molar-refractivity contribution in [2.45, 2.75) is 20.3 Å². The first-order chi connectivity index (χ1) is 13.9. The van der Waals surface area contributed by atoms with Crippen LogP contribution in [0.2, 0.25) is 0 Å². The molecular formula is C23H29N4O2+. The highest BCUT2D eigenvalue weighted by Gasteiger charge is 2.15. The zero-order valence-electron chi connectivity index (χ0n) is 17.3. The first-order valence-corrected chi connectivity index (χ1v) is 9.93. The van der Waals surface area contributed by atoms with Crippen LogP contribution in [0, 0.1) is 13.8 Å². The number of hydrogen-bond acceptors (Lipinski definition) is 2. The van der Waals surface area contributed by atoms with Gasteiger partial charge in [0.25, 0.3) is 11.8 Å². The van der Waals surface area contributed by atoms with E-state index in [1.165, 1.54) is 10.9 Å². The molecule has 4 N–H and O–H groups in total. The fourth-order valence-electron chi connectivity index (χ4n) is 3.54. The summed E-state index contributed by atoms with van der Waals surface area (Å²) in [6.07, 6.45) is 2.76. The number of likely N-dealkylation sites (N-methyl/N-ethyl adjacent to an activating group) is 1. The molecule has 0 aliphatic heterocycles. The summed E-state index contributed by atoms with van der Waals surface area (Å²) < 4.78 is 0. The van der Waals surface area contributed by atoms with Crippen molar-refractivity contribution >= 4 is 28.4 Å². The number of nitrogens with one attached hydrogen (secondary N) is 4. The van der Waals surface area contributed by atoms with E-state index in [0.29, 0.717) is 6.54 Å². The molecule has 1 heterocycles. The number of aryl methyl sites for hydroxylation is 2. The number of anilines is 1. The number of carbonyl (C=O) groups excluding carboxylic acids is 2. The molecule has 6 heteroatoms. The molecule has 3 aromatic rings. The van der Waals surface area contributed by atoms with Crippen LogP contribution in [-0.4, -0.2) is 43.5 Å². The summed E-state index contributed by atoms with van der Waals surface area (Å²) in [6, 6.07) is 14.0. The van der Waals surface area contributed by atoms with Crippen LogP contribution in [0.25, 0.3) is 10.9 Å². The minimum absolute atomic E-state index is 0.0535. The van der Waals surface area contributed by atoms with Gasteiger partial charge < -0.3 is 20.5 Å². The van der Waals surface area contributed by atoms with Crippen LogP contribution < -0.4 is 15.5 Å². The van der Waals surface area contributed by atoms with E-state index < -0.39 is 0 Å². The normalized spacial score (nSPS) is 12.0. The maximum absolute atomic E-state index is 12.3. The Hall–Kier alpha value is -3.12. The highest BCUT2D eigenvalue weighted by Crippen LogP contribution is 2.19. The molecule has 1 atom stereocenters. The van der Waals surface area contributed by atoms with Gasteiger partial charge in [-0.25, -0.2) is 0 Å². The number of amides is 2. The Kier molecular flexibility index (Phi) is 6.67. The molecule has 1 aromatic heterocycles. The number of benzene rings is 2. The van der Waals surface area contributed by atoms with E-state index in [-0.39, 0.29) is 24.9 Å². The SMILES string of the molecule is Cc1cccc(C)c1NC(=O)C[NH+](C)CC(=O)NCCc1c[nH]c2ccccc12. The lowest BCUT2D eigenvalue weighted by molar-refractivity contribution is -0.862. The summed E-state index contributed by atoms with van der Waals surface area (Å²) in [4.78, 5) is 28.7. The summed E-state index contributed by atoms with van der Waals surface area (Å²) in [5.41, 5.74) is 5.22. The highest BCUT2D eigenvalue weighted by atomic mass is 16.2. The van der Waals surface area contributed by atoms with Crippen LogP contribution in [0.4, 0.5) is 5.69 Å². The van der Waals surface area contributed by atoms with Gasteiger partial charge >= 0.3 is 0 Å². The molecule has 0 radical (unpaired) electrons. The van der Waals surface area contributed by atoms with Gasteiger partial charge in [-0.2, -0.15) is 0 Å². The number of H-pyrrole nitrogens is 1. The standard InChI is InChI=1S/C23H28N4O2/c1-16-7-6-8-17(2)23(16)26-22(29)15-27(3)14-21(28)24-12-11-18-13-25-20-10-5-4-9-19(18)20/h4-10,13,25H,11-12,14-15H2,1-3H3,(H,24,28)(H,26,29)/p+1. The van der Waals surface area contributed by atoms with Gasteiger partial charge in [0, 0.05) is 29.3 Å². The summed E-state index contributed by atoms with van der Waals surface area (Å²) in [5, 5.41) is 7.11. The number of aromatic nitrogens is 1. The number of quaternary nitrogens is 1. The van der Waals surface area contributed by atoms with Crippen LogP contribution >= 0.6 is 0 Å². The maximum atomic E-state index is 12.3. The molecule has 0 spiro atoms. The summed E-state index contributed by atoms with van der Waals surface area (Å²) in [6.45, 7) is 5.01. The number of para-hydroxylation sites is 2. The van der Waals surface area contributed by atoms with Crippen molar-refractivity contribution in [2.24, 2.45) is 0 Å². The number of hydrogen-bond donors (Lipinski definition) is 4. The third-order valence-corrected chi connectivity index (χ3v) is 5.06. The first kappa shape index (κ1) is 20.6. The molecule has 0 saturated carbocycles. The molecular weight excluding hydrogens is 364 g/mol. The fraction of sp³-hybridized carbons (Fsp3) is 0.304. The molecule has 0 fully saturated rings. The van der Waals surface area contributed by atoms with Crippen LogP contribution in [0.3, 0.4) is 0 Å². The third kappa shape index (κ3) is 5.45. The third-order valence-electron chi connectivity index (χ3n) is 5.06. The average molecular weight is 394 g/mol. The van der Waals surface area contributed by atoms with E-state index in [1.54, 1.807) is 0 Å². The zero-order valence-corrected chi connectivity index (χ0v) is 17.3. The maximum Gasteiger partial charge on any atom is 0.279 e. The minimum atomic E-state index is -0.0912. The predicted octanol–water partition coefficient (Wildman–Crippen LogP) is 1.60. The van der Waals surface area contributed by atoms with Crippen LogP contribution in [-0.2, 0) is 16.0 Å². The Bertz CT molecular complexity index is 989. The van der Waals surface area contributed by atoms with Gasteiger partial charge in [0.05, 0.1) is 7.05 Å². The largest absolute Gasteiger partial charge is 0.361 e. The van der Waals surface area contributed by atoms with E-state index >= 15 is 0 Å². The van der Waals surface area contributed by atoms with Crippen molar-refractivity contribution in [1.29, 1.82) is 0 Å². The van der Waals surface area contributed by atoms with Crippen molar-refractivity contribution in [2.75, 3.05) is 32.0 Å². The highest BCUT2D eigenvalue weighted by molar-refractivity contribution is 5.93. The molecule has 0 bridgehead atoms. The molecule has 2 aromatic carbocycles. The molecule has 0 saturated heterocycles. The van der Waals surface area contributed by atoms with Crippen molar-refractivity contribution in [3.05, 3.63) is 65.4 Å². The average Bonchev–Trinajstić information content (AvgIpc) is 3.08. The first-order valence-electron chi connectivity index (χ1n) is 9.93. The van der Waals surface area contributed by atoms with Crippen molar-refractivity contribution < 1.29 is 14.5 Å².